The van der Waals surface area contributed by atoms with Crippen LogP contribution in [0.5, 0.6) is 0 Å². The van der Waals surface area contributed by atoms with E-state index in [0.717, 1.165) is 50.1 Å². The van der Waals surface area contributed by atoms with E-state index in [1.807, 2.05) is 18.2 Å². The summed E-state index contributed by atoms with van der Waals surface area (Å²) in [6.07, 6.45) is 4.50. The summed E-state index contributed by atoms with van der Waals surface area (Å²) in [5.74, 6) is 1.59. The highest BCUT2D eigenvalue weighted by atomic mass is 16.2. The molecule has 30 heavy (non-hydrogen) atoms. The van der Waals surface area contributed by atoms with Crippen LogP contribution < -0.4 is 0 Å². The molecule has 3 atom stereocenters. The lowest BCUT2D eigenvalue weighted by Crippen LogP contribution is -2.38. The van der Waals surface area contributed by atoms with Gasteiger partial charge in [0.05, 0.1) is 17.7 Å². The van der Waals surface area contributed by atoms with Crippen molar-refractivity contribution in [3.05, 3.63) is 71.3 Å². The summed E-state index contributed by atoms with van der Waals surface area (Å²) in [4.78, 5) is 18.1. The fourth-order valence-corrected chi connectivity index (χ4v) is 5.99. The molecule has 1 amide bonds. The van der Waals surface area contributed by atoms with Crippen molar-refractivity contribution in [1.29, 1.82) is 5.26 Å². The van der Waals surface area contributed by atoms with E-state index in [9.17, 15) is 10.1 Å². The van der Waals surface area contributed by atoms with E-state index >= 15 is 0 Å². The molecule has 4 heteroatoms. The van der Waals surface area contributed by atoms with Crippen LogP contribution in [0.1, 0.15) is 48.4 Å². The van der Waals surface area contributed by atoms with E-state index in [1.165, 1.54) is 18.4 Å². The molecule has 1 saturated carbocycles. The fraction of sp³-hybridized carbons (Fsp3) is 0.462. The average molecular weight is 400 g/mol. The Bertz CT molecular complexity index is 944. The molecule has 0 aromatic heterocycles. The molecule has 4 nitrogen and oxygen atoms in total. The van der Waals surface area contributed by atoms with Crippen molar-refractivity contribution in [2.75, 3.05) is 19.6 Å². The highest BCUT2D eigenvalue weighted by Crippen LogP contribution is 2.46. The lowest BCUT2D eigenvalue weighted by Gasteiger charge is -2.32. The Labute approximate surface area is 179 Å². The van der Waals surface area contributed by atoms with Gasteiger partial charge in [-0.3, -0.25) is 9.69 Å². The van der Waals surface area contributed by atoms with Crippen molar-refractivity contribution in [2.45, 2.75) is 38.3 Å². The number of nitriles is 1. The topological polar surface area (TPSA) is 47.3 Å². The maximum Gasteiger partial charge on any atom is 0.226 e. The molecule has 0 bridgehead atoms. The molecule has 0 spiro atoms. The molecule has 5 rings (SSSR count). The highest BCUT2D eigenvalue weighted by Gasteiger charge is 2.49. The molecule has 2 aliphatic heterocycles. The first-order valence-corrected chi connectivity index (χ1v) is 11.3. The Kier molecular flexibility index (Phi) is 5.31. The number of amides is 1. The minimum absolute atomic E-state index is 0.181. The first kappa shape index (κ1) is 19.3. The van der Waals surface area contributed by atoms with Crippen LogP contribution in [0.25, 0.3) is 0 Å². The van der Waals surface area contributed by atoms with Crippen molar-refractivity contribution in [1.82, 2.24) is 9.80 Å². The molecule has 0 unspecified atom stereocenters. The number of nitrogens with zero attached hydrogens (tertiary/aromatic N) is 3. The van der Waals surface area contributed by atoms with Gasteiger partial charge in [-0.05, 0) is 36.0 Å². The number of rotatable bonds is 4. The largest absolute Gasteiger partial charge is 0.335 e. The Balaban J connectivity index is 1.37. The predicted octanol–water partition coefficient (Wildman–Crippen LogP) is 4.38. The van der Waals surface area contributed by atoms with Crippen LogP contribution in [-0.2, 0) is 11.3 Å². The SMILES string of the molecule is N#Cc1ccccc1CN1C[C@H]2CN(C(=O)C3CCCC3)[C@@H](c3ccccc3)[C@H]2C1. The van der Waals surface area contributed by atoms with Gasteiger partial charge < -0.3 is 4.90 Å². The van der Waals surface area contributed by atoms with Crippen LogP contribution in [0.4, 0.5) is 0 Å². The van der Waals surface area contributed by atoms with Crippen LogP contribution in [0.2, 0.25) is 0 Å². The zero-order valence-corrected chi connectivity index (χ0v) is 17.4. The maximum atomic E-state index is 13.4. The summed E-state index contributed by atoms with van der Waals surface area (Å²) in [6.45, 7) is 3.67. The monoisotopic (exact) mass is 399 g/mol. The predicted molar refractivity (Wildman–Crippen MR) is 116 cm³/mol. The van der Waals surface area contributed by atoms with Gasteiger partial charge in [0, 0.05) is 38.0 Å². The molecule has 1 aliphatic carbocycles. The van der Waals surface area contributed by atoms with Gasteiger partial charge in [-0.15, -0.1) is 0 Å². The summed E-state index contributed by atoms with van der Waals surface area (Å²) in [7, 11) is 0. The Morgan fingerprint density at radius 3 is 2.47 bits per heavy atom. The Hall–Kier alpha value is -2.64. The minimum atomic E-state index is 0.181. The molecule has 2 aromatic carbocycles. The van der Waals surface area contributed by atoms with Gasteiger partial charge in [-0.25, -0.2) is 0 Å². The smallest absolute Gasteiger partial charge is 0.226 e. The van der Waals surface area contributed by atoms with E-state index in [-0.39, 0.29) is 12.0 Å². The van der Waals surface area contributed by atoms with E-state index in [2.05, 4.69) is 52.3 Å². The molecular formula is C26H29N3O. The molecule has 2 heterocycles. The van der Waals surface area contributed by atoms with Crippen LogP contribution >= 0.6 is 0 Å². The quantitative estimate of drug-likeness (QED) is 0.767. The molecule has 0 radical (unpaired) electrons. The normalized spacial score (nSPS) is 26.6. The van der Waals surface area contributed by atoms with Gasteiger partial charge >= 0.3 is 0 Å². The molecule has 3 fully saturated rings. The third-order valence-electron chi connectivity index (χ3n) is 7.40. The first-order valence-electron chi connectivity index (χ1n) is 11.3. The van der Waals surface area contributed by atoms with Gasteiger partial charge in [0.25, 0.3) is 0 Å². The first-order chi connectivity index (χ1) is 14.7. The Morgan fingerprint density at radius 2 is 1.70 bits per heavy atom. The third kappa shape index (κ3) is 3.52. The van der Waals surface area contributed by atoms with Crippen LogP contribution in [0.15, 0.2) is 54.6 Å². The average Bonchev–Trinajstić information content (AvgIpc) is 3.51. The standard InChI is InChI=1S/C26H29N3O/c27-14-21-12-6-7-13-22(21)15-28-16-23-17-29(26(30)20-10-4-5-11-20)25(24(23)18-28)19-8-2-1-3-9-19/h1-3,6-9,12-13,20,23-25H,4-5,10-11,15-18H2/t23-,24-,25-/m0/s1. The van der Waals surface area contributed by atoms with Crippen molar-refractivity contribution >= 4 is 5.91 Å². The second-order valence-electron chi connectivity index (χ2n) is 9.21. The van der Waals surface area contributed by atoms with E-state index < -0.39 is 0 Å². The molecule has 2 aromatic rings. The molecular weight excluding hydrogens is 370 g/mol. The van der Waals surface area contributed by atoms with Crippen molar-refractivity contribution in [3.8, 4) is 6.07 Å². The number of carbonyl (C=O) groups is 1. The molecule has 2 saturated heterocycles. The molecule has 3 aliphatic rings. The summed E-state index contributed by atoms with van der Waals surface area (Å²) in [5.41, 5.74) is 3.15. The maximum absolute atomic E-state index is 13.4. The number of likely N-dealkylation sites (tertiary alicyclic amines) is 2. The summed E-state index contributed by atoms with van der Waals surface area (Å²) < 4.78 is 0. The van der Waals surface area contributed by atoms with Gasteiger partial charge in [-0.2, -0.15) is 5.26 Å². The van der Waals surface area contributed by atoms with Crippen molar-refractivity contribution < 1.29 is 4.79 Å². The lowest BCUT2D eigenvalue weighted by molar-refractivity contribution is -0.137. The summed E-state index contributed by atoms with van der Waals surface area (Å²) in [6, 6.07) is 21.0. The number of hydrogen-bond donors (Lipinski definition) is 0. The van der Waals surface area contributed by atoms with Crippen LogP contribution in [0.3, 0.4) is 0 Å². The van der Waals surface area contributed by atoms with E-state index in [0.29, 0.717) is 17.7 Å². The zero-order chi connectivity index (χ0) is 20.5. The Morgan fingerprint density at radius 1 is 0.967 bits per heavy atom. The lowest BCUT2D eigenvalue weighted by atomic mass is 9.89. The minimum Gasteiger partial charge on any atom is -0.335 e. The van der Waals surface area contributed by atoms with Crippen LogP contribution in [0, 0.1) is 29.1 Å². The molecule has 154 valence electrons. The third-order valence-corrected chi connectivity index (χ3v) is 7.40. The van der Waals surface area contributed by atoms with Gasteiger partial charge in [-0.1, -0.05) is 61.4 Å². The fourth-order valence-electron chi connectivity index (χ4n) is 5.99. The number of benzene rings is 2. The number of carbonyl (C=O) groups excluding carboxylic acids is 1. The zero-order valence-electron chi connectivity index (χ0n) is 17.4. The number of hydrogen-bond acceptors (Lipinski definition) is 3. The van der Waals surface area contributed by atoms with Gasteiger partial charge in [0.15, 0.2) is 0 Å². The van der Waals surface area contributed by atoms with E-state index in [1.54, 1.807) is 0 Å². The van der Waals surface area contributed by atoms with Gasteiger partial charge in [0.1, 0.15) is 0 Å². The second-order valence-corrected chi connectivity index (χ2v) is 9.21. The van der Waals surface area contributed by atoms with Crippen molar-refractivity contribution in [2.24, 2.45) is 17.8 Å². The summed E-state index contributed by atoms with van der Waals surface area (Å²) in [5, 5.41) is 9.43. The van der Waals surface area contributed by atoms with Gasteiger partial charge in [0.2, 0.25) is 5.91 Å². The highest BCUT2D eigenvalue weighted by molar-refractivity contribution is 5.80. The van der Waals surface area contributed by atoms with Crippen LogP contribution in [-0.4, -0.2) is 35.3 Å². The number of fused-ring (bicyclic) bond motifs is 1. The summed E-state index contributed by atoms with van der Waals surface area (Å²) >= 11 is 0. The molecule has 0 N–H and O–H groups in total. The second kappa shape index (κ2) is 8.24. The van der Waals surface area contributed by atoms with E-state index in [4.69, 9.17) is 0 Å². The van der Waals surface area contributed by atoms with Crippen molar-refractivity contribution in [3.63, 3.8) is 0 Å².